The van der Waals surface area contributed by atoms with Crippen molar-refractivity contribution in [2.24, 2.45) is 5.92 Å². The van der Waals surface area contributed by atoms with Crippen molar-refractivity contribution in [2.75, 3.05) is 19.7 Å². The molecule has 0 aromatic heterocycles. The van der Waals surface area contributed by atoms with Crippen molar-refractivity contribution in [3.8, 4) is 5.75 Å². The van der Waals surface area contributed by atoms with E-state index >= 15 is 0 Å². The molecule has 1 saturated heterocycles. The van der Waals surface area contributed by atoms with E-state index in [-0.39, 0.29) is 24.7 Å². The predicted molar refractivity (Wildman–Crippen MR) is 80.9 cm³/mol. The molecule has 0 radical (unpaired) electrons. The summed E-state index contributed by atoms with van der Waals surface area (Å²) in [6.45, 7) is 3.14. The molecule has 0 spiro atoms. The molecule has 1 aliphatic heterocycles. The second-order valence-corrected chi connectivity index (χ2v) is 5.08. The maximum absolute atomic E-state index is 11.9. The third-order valence-corrected chi connectivity index (χ3v) is 3.46. The molecule has 1 aromatic rings. The molecule has 1 heterocycles. The molecular formula is C15H20ClNO4. The zero-order valence-corrected chi connectivity index (χ0v) is 12.8. The average molecular weight is 314 g/mol. The van der Waals surface area contributed by atoms with Gasteiger partial charge in [0.05, 0.1) is 18.9 Å². The summed E-state index contributed by atoms with van der Waals surface area (Å²) in [6.07, 6.45) is 0.820. The van der Waals surface area contributed by atoms with Crippen molar-refractivity contribution in [1.82, 2.24) is 4.90 Å². The predicted octanol–water partition coefficient (Wildman–Crippen LogP) is 2.12. The summed E-state index contributed by atoms with van der Waals surface area (Å²) in [4.78, 5) is 24.4. The van der Waals surface area contributed by atoms with Gasteiger partial charge in [-0.15, -0.1) is 12.4 Å². The molecule has 1 atom stereocenters. The Kier molecular flexibility index (Phi) is 6.49. The highest BCUT2D eigenvalue weighted by atomic mass is 35.5. The number of rotatable bonds is 5. The van der Waals surface area contributed by atoms with E-state index in [1.165, 1.54) is 0 Å². The third kappa shape index (κ3) is 4.93. The molecule has 0 bridgehead atoms. The minimum absolute atomic E-state index is 0. The topological polar surface area (TPSA) is 66.8 Å². The molecule has 1 aliphatic rings. The molecular weight excluding hydrogens is 294 g/mol. The Morgan fingerprint density at radius 1 is 1.43 bits per heavy atom. The number of hydrogen-bond donors (Lipinski definition) is 1. The quantitative estimate of drug-likeness (QED) is 0.904. The van der Waals surface area contributed by atoms with E-state index in [2.05, 4.69) is 0 Å². The highest BCUT2D eigenvalue weighted by molar-refractivity contribution is 5.85. The first-order chi connectivity index (χ1) is 9.56. The fourth-order valence-electron chi connectivity index (χ4n) is 2.31. The van der Waals surface area contributed by atoms with Crippen molar-refractivity contribution in [3.05, 3.63) is 29.8 Å². The zero-order valence-electron chi connectivity index (χ0n) is 11.9. The van der Waals surface area contributed by atoms with E-state index in [0.717, 1.165) is 11.3 Å². The van der Waals surface area contributed by atoms with Crippen molar-refractivity contribution < 1.29 is 19.4 Å². The molecule has 1 fully saturated rings. The van der Waals surface area contributed by atoms with Crippen LogP contribution in [-0.2, 0) is 9.59 Å². The SMILES string of the molecule is Cc1cccc(OCCC(=O)N2CCC(C(=O)O)C2)c1.Cl. The molecule has 5 nitrogen and oxygen atoms in total. The molecule has 1 N–H and O–H groups in total. The van der Waals surface area contributed by atoms with Gasteiger partial charge in [0.2, 0.25) is 5.91 Å². The van der Waals surface area contributed by atoms with Gasteiger partial charge in [0, 0.05) is 13.1 Å². The first kappa shape index (κ1) is 17.3. The number of carboxylic acid groups (broad SMARTS) is 1. The lowest BCUT2D eigenvalue weighted by Crippen LogP contribution is -2.30. The van der Waals surface area contributed by atoms with Gasteiger partial charge in [0.15, 0.2) is 0 Å². The summed E-state index contributed by atoms with van der Waals surface area (Å²) in [5.41, 5.74) is 1.11. The number of hydrogen-bond acceptors (Lipinski definition) is 3. The molecule has 6 heteroatoms. The number of carbonyl (C=O) groups excluding carboxylic acids is 1. The Balaban J connectivity index is 0.00000220. The van der Waals surface area contributed by atoms with Gasteiger partial charge < -0.3 is 14.7 Å². The number of carboxylic acids is 1. The maximum atomic E-state index is 11.9. The van der Waals surface area contributed by atoms with Crippen molar-refractivity contribution in [1.29, 1.82) is 0 Å². The lowest BCUT2D eigenvalue weighted by Gasteiger charge is -2.16. The van der Waals surface area contributed by atoms with Crippen LogP contribution in [0.2, 0.25) is 0 Å². The van der Waals surface area contributed by atoms with E-state index in [0.29, 0.717) is 26.1 Å². The molecule has 0 aliphatic carbocycles. The van der Waals surface area contributed by atoms with Crippen LogP contribution in [0.4, 0.5) is 0 Å². The van der Waals surface area contributed by atoms with Gasteiger partial charge in [-0.2, -0.15) is 0 Å². The highest BCUT2D eigenvalue weighted by Gasteiger charge is 2.30. The second-order valence-electron chi connectivity index (χ2n) is 5.08. The Bertz CT molecular complexity index is 506. The van der Waals surface area contributed by atoms with E-state index in [4.69, 9.17) is 9.84 Å². The summed E-state index contributed by atoms with van der Waals surface area (Å²) in [5, 5.41) is 8.90. The molecule has 1 amide bonds. The Morgan fingerprint density at radius 3 is 2.81 bits per heavy atom. The van der Waals surface area contributed by atoms with Crippen LogP contribution in [0.25, 0.3) is 0 Å². The summed E-state index contributed by atoms with van der Waals surface area (Å²) in [7, 11) is 0. The normalized spacial score (nSPS) is 17.2. The summed E-state index contributed by atoms with van der Waals surface area (Å²) in [6, 6.07) is 7.66. The zero-order chi connectivity index (χ0) is 14.5. The minimum atomic E-state index is -0.823. The van der Waals surface area contributed by atoms with E-state index in [1.807, 2.05) is 31.2 Å². The second kappa shape index (κ2) is 7.88. The van der Waals surface area contributed by atoms with Crippen LogP contribution >= 0.6 is 12.4 Å². The molecule has 1 aromatic carbocycles. The van der Waals surface area contributed by atoms with Gasteiger partial charge in [0.25, 0.3) is 0 Å². The maximum Gasteiger partial charge on any atom is 0.308 e. The van der Waals surface area contributed by atoms with Crippen molar-refractivity contribution in [2.45, 2.75) is 19.8 Å². The van der Waals surface area contributed by atoms with Crippen molar-refractivity contribution in [3.63, 3.8) is 0 Å². The molecule has 1 unspecified atom stereocenters. The summed E-state index contributed by atoms with van der Waals surface area (Å²) in [5.74, 6) is -0.531. The fourth-order valence-corrected chi connectivity index (χ4v) is 2.31. The standard InChI is InChI=1S/C15H19NO4.ClH/c1-11-3-2-4-13(9-11)20-8-6-14(17)16-7-5-12(10-16)15(18)19;/h2-4,9,12H,5-8,10H2,1H3,(H,18,19);1H. The van der Waals surface area contributed by atoms with Crippen LogP contribution in [0.15, 0.2) is 24.3 Å². The Morgan fingerprint density at radius 2 is 2.19 bits per heavy atom. The van der Waals surface area contributed by atoms with E-state index < -0.39 is 11.9 Å². The van der Waals surface area contributed by atoms with Gasteiger partial charge in [0.1, 0.15) is 5.75 Å². The van der Waals surface area contributed by atoms with E-state index in [1.54, 1.807) is 4.90 Å². The number of ether oxygens (including phenoxy) is 1. The fraction of sp³-hybridized carbons (Fsp3) is 0.467. The van der Waals surface area contributed by atoms with Gasteiger partial charge in [-0.05, 0) is 31.0 Å². The number of nitrogens with zero attached hydrogens (tertiary/aromatic N) is 1. The van der Waals surface area contributed by atoms with Crippen LogP contribution in [0, 0.1) is 12.8 Å². The number of amides is 1. The Hall–Kier alpha value is -1.75. The first-order valence-electron chi connectivity index (χ1n) is 6.76. The van der Waals surface area contributed by atoms with E-state index in [9.17, 15) is 9.59 Å². The molecule has 116 valence electrons. The van der Waals surface area contributed by atoms with Crippen LogP contribution in [-0.4, -0.2) is 41.6 Å². The molecule has 0 saturated carbocycles. The minimum Gasteiger partial charge on any atom is -0.493 e. The Labute approximate surface area is 130 Å². The van der Waals surface area contributed by atoms with Crippen LogP contribution in [0.1, 0.15) is 18.4 Å². The van der Waals surface area contributed by atoms with Crippen molar-refractivity contribution >= 4 is 24.3 Å². The lowest BCUT2D eigenvalue weighted by molar-refractivity contribution is -0.141. The van der Waals surface area contributed by atoms with Gasteiger partial charge in [-0.3, -0.25) is 9.59 Å². The number of aliphatic carboxylic acids is 1. The number of likely N-dealkylation sites (tertiary alicyclic amines) is 1. The highest BCUT2D eigenvalue weighted by Crippen LogP contribution is 2.17. The monoisotopic (exact) mass is 313 g/mol. The lowest BCUT2D eigenvalue weighted by atomic mass is 10.1. The number of benzene rings is 1. The summed E-state index contributed by atoms with van der Waals surface area (Å²) >= 11 is 0. The van der Waals surface area contributed by atoms with Crippen LogP contribution in [0.5, 0.6) is 5.75 Å². The number of halogens is 1. The van der Waals surface area contributed by atoms with Crippen LogP contribution < -0.4 is 4.74 Å². The van der Waals surface area contributed by atoms with Gasteiger partial charge >= 0.3 is 5.97 Å². The van der Waals surface area contributed by atoms with Gasteiger partial charge in [-0.1, -0.05) is 12.1 Å². The molecule has 21 heavy (non-hydrogen) atoms. The number of carbonyl (C=O) groups is 2. The molecule has 2 rings (SSSR count). The third-order valence-electron chi connectivity index (χ3n) is 3.46. The summed E-state index contributed by atoms with van der Waals surface area (Å²) < 4.78 is 5.53. The number of aryl methyl sites for hydroxylation is 1. The first-order valence-corrected chi connectivity index (χ1v) is 6.76. The smallest absolute Gasteiger partial charge is 0.308 e. The largest absolute Gasteiger partial charge is 0.493 e. The van der Waals surface area contributed by atoms with Crippen LogP contribution in [0.3, 0.4) is 0 Å². The average Bonchev–Trinajstić information content (AvgIpc) is 2.88. The van der Waals surface area contributed by atoms with Gasteiger partial charge in [-0.25, -0.2) is 0 Å².